The van der Waals surface area contributed by atoms with E-state index in [1.807, 2.05) is 43.3 Å². The average molecular weight is 344 g/mol. The van der Waals surface area contributed by atoms with Gasteiger partial charge in [-0.05, 0) is 30.7 Å². The molecule has 0 aliphatic carbocycles. The van der Waals surface area contributed by atoms with E-state index < -0.39 is 15.8 Å². The van der Waals surface area contributed by atoms with Crippen molar-refractivity contribution in [2.24, 2.45) is 0 Å². The van der Waals surface area contributed by atoms with E-state index in [9.17, 15) is 13.2 Å². The van der Waals surface area contributed by atoms with Gasteiger partial charge in [0.15, 0.2) is 9.84 Å². The molecule has 0 heterocycles. The van der Waals surface area contributed by atoms with Crippen molar-refractivity contribution in [3.05, 3.63) is 71.8 Å². The van der Waals surface area contributed by atoms with Crippen molar-refractivity contribution >= 4 is 21.9 Å². The zero-order chi connectivity index (χ0) is 17.4. The first-order valence-corrected chi connectivity index (χ1v) is 9.29. The minimum atomic E-state index is -3.46. The Morgan fingerprint density at radius 1 is 1.04 bits per heavy atom. The molecule has 0 saturated carbocycles. The van der Waals surface area contributed by atoms with Crippen LogP contribution in [0, 0.1) is 6.92 Å². The number of carbonyl (C=O) groups is 1. The summed E-state index contributed by atoms with van der Waals surface area (Å²) in [4.78, 5) is 11.9. The van der Waals surface area contributed by atoms with E-state index in [1.165, 1.54) is 0 Å². The summed E-state index contributed by atoms with van der Waals surface area (Å²) in [7, 11) is -3.46. The molecule has 24 heavy (non-hydrogen) atoms. The molecule has 0 aliphatic rings. The number of hydrogen-bond acceptors (Lipinski definition) is 4. The Labute approximate surface area is 142 Å². The molecule has 0 spiro atoms. The Bertz CT molecular complexity index is 791. The summed E-state index contributed by atoms with van der Waals surface area (Å²) < 4.78 is 29.3. The predicted molar refractivity (Wildman–Crippen MR) is 94.3 cm³/mol. The molecular weight excluding hydrogens is 324 g/mol. The molecule has 0 atom stereocenters. The van der Waals surface area contributed by atoms with E-state index in [4.69, 9.17) is 4.74 Å². The van der Waals surface area contributed by atoms with Gasteiger partial charge in [-0.1, -0.05) is 54.1 Å². The lowest BCUT2D eigenvalue weighted by atomic mass is 10.2. The fourth-order valence-electron chi connectivity index (χ4n) is 2.04. The van der Waals surface area contributed by atoms with Gasteiger partial charge in [-0.3, -0.25) is 4.79 Å². The molecule has 0 amide bonds. The maximum atomic E-state index is 12.1. The first-order chi connectivity index (χ1) is 11.5. The van der Waals surface area contributed by atoms with Gasteiger partial charge in [-0.25, -0.2) is 8.42 Å². The monoisotopic (exact) mass is 344 g/mol. The molecule has 0 fully saturated rings. The number of rotatable bonds is 7. The zero-order valence-corrected chi connectivity index (χ0v) is 14.3. The Balaban J connectivity index is 1.78. The third-order valence-corrected chi connectivity index (χ3v) is 5.14. The molecule has 0 aliphatic heterocycles. The van der Waals surface area contributed by atoms with Crippen LogP contribution in [0.25, 0.3) is 6.08 Å². The van der Waals surface area contributed by atoms with Gasteiger partial charge in [0.05, 0.1) is 17.1 Å². The van der Waals surface area contributed by atoms with E-state index in [2.05, 4.69) is 0 Å². The molecule has 0 saturated heterocycles. The van der Waals surface area contributed by atoms with Crippen molar-refractivity contribution < 1.29 is 17.9 Å². The molecule has 4 nitrogen and oxygen atoms in total. The second-order valence-corrected chi connectivity index (χ2v) is 7.49. The number of benzene rings is 2. The van der Waals surface area contributed by atoms with Crippen molar-refractivity contribution in [1.82, 2.24) is 0 Å². The van der Waals surface area contributed by atoms with Crippen LogP contribution in [0.4, 0.5) is 0 Å². The largest absolute Gasteiger partial charge is 0.461 e. The fourth-order valence-corrected chi connectivity index (χ4v) is 3.26. The molecule has 126 valence electrons. The van der Waals surface area contributed by atoms with Crippen molar-refractivity contribution in [2.75, 3.05) is 12.4 Å². The van der Waals surface area contributed by atoms with Crippen LogP contribution in [0.15, 0.2) is 65.6 Å². The lowest BCUT2D eigenvalue weighted by Crippen LogP contribution is -2.13. The Morgan fingerprint density at radius 2 is 1.71 bits per heavy atom. The molecule has 0 aromatic heterocycles. The molecule has 0 N–H and O–H groups in total. The van der Waals surface area contributed by atoms with Crippen LogP contribution in [0.1, 0.15) is 17.5 Å². The van der Waals surface area contributed by atoms with Gasteiger partial charge >= 0.3 is 5.97 Å². The maximum absolute atomic E-state index is 12.1. The van der Waals surface area contributed by atoms with E-state index in [0.29, 0.717) is 0 Å². The SMILES string of the molecule is Cc1ccc(S(=O)(=O)CCC(=O)OCC=Cc2ccccc2)cc1. The third kappa shape index (κ3) is 5.66. The first kappa shape index (κ1) is 17.9. The third-order valence-electron chi connectivity index (χ3n) is 3.41. The molecule has 0 bridgehead atoms. The lowest BCUT2D eigenvalue weighted by Gasteiger charge is -2.05. The minimum Gasteiger partial charge on any atom is -0.461 e. The minimum absolute atomic E-state index is 0.123. The van der Waals surface area contributed by atoms with Gasteiger partial charge in [-0.2, -0.15) is 0 Å². The van der Waals surface area contributed by atoms with E-state index in [1.54, 1.807) is 30.3 Å². The number of esters is 1. The summed E-state index contributed by atoms with van der Waals surface area (Å²) in [6.45, 7) is 2.01. The standard InChI is InChI=1S/C19H20O4S/c1-16-9-11-18(12-10-16)24(21,22)15-13-19(20)23-14-5-8-17-6-3-2-4-7-17/h2-12H,13-15H2,1H3. The maximum Gasteiger partial charge on any atom is 0.307 e. The Kier molecular flexibility index (Phi) is 6.32. The number of sulfone groups is 1. The van der Waals surface area contributed by atoms with Crippen LogP contribution in [-0.2, 0) is 19.4 Å². The number of ether oxygens (including phenoxy) is 1. The van der Waals surface area contributed by atoms with Crippen LogP contribution < -0.4 is 0 Å². The number of hydrogen-bond donors (Lipinski definition) is 0. The molecule has 2 aromatic carbocycles. The second kappa shape index (κ2) is 8.45. The van der Waals surface area contributed by atoms with Gasteiger partial charge in [0.1, 0.15) is 6.61 Å². The summed E-state index contributed by atoms with van der Waals surface area (Å²) in [6.07, 6.45) is 3.41. The van der Waals surface area contributed by atoms with Gasteiger partial charge in [0.25, 0.3) is 0 Å². The fraction of sp³-hybridized carbons (Fsp3) is 0.211. The van der Waals surface area contributed by atoms with Crippen LogP contribution in [0.2, 0.25) is 0 Å². The van der Waals surface area contributed by atoms with Gasteiger partial charge in [0, 0.05) is 0 Å². The van der Waals surface area contributed by atoms with Crippen molar-refractivity contribution in [2.45, 2.75) is 18.2 Å². The van der Waals surface area contributed by atoms with Crippen molar-refractivity contribution in [3.63, 3.8) is 0 Å². The Hall–Kier alpha value is -2.40. The highest BCUT2D eigenvalue weighted by Gasteiger charge is 2.16. The van der Waals surface area contributed by atoms with Crippen LogP contribution in [0.3, 0.4) is 0 Å². The first-order valence-electron chi connectivity index (χ1n) is 7.64. The second-order valence-electron chi connectivity index (χ2n) is 5.38. The van der Waals surface area contributed by atoms with Crippen LogP contribution in [0.5, 0.6) is 0 Å². The molecular formula is C19H20O4S. The van der Waals surface area contributed by atoms with E-state index >= 15 is 0 Å². The topological polar surface area (TPSA) is 60.4 Å². The quantitative estimate of drug-likeness (QED) is 0.722. The lowest BCUT2D eigenvalue weighted by molar-refractivity contribution is -0.141. The predicted octanol–water partition coefficient (Wildman–Crippen LogP) is 3.42. The van der Waals surface area contributed by atoms with E-state index in [-0.39, 0.29) is 23.7 Å². The molecule has 2 rings (SSSR count). The smallest absolute Gasteiger partial charge is 0.307 e. The molecule has 0 radical (unpaired) electrons. The van der Waals surface area contributed by atoms with Gasteiger partial charge < -0.3 is 4.74 Å². The summed E-state index contributed by atoms with van der Waals surface area (Å²) in [5.74, 6) is -0.777. The highest BCUT2D eigenvalue weighted by molar-refractivity contribution is 7.91. The normalized spacial score (nSPS) is 11.5. The summed E-state index contributed by atoms with van der Waals surface area (Å²) in [5.41, 5.74) is 1.99. The van der Waals surface area contributed by atoms with Crippen LogP contribution in [-0.4, -0.2) is 26.7 Å². The molecule has 5 heteroatoms. The molecule has 2 aromatic rings. The number of carbonyl (C=O) groups excluding carboxylic acids is 1. The van der Waals surface area contributed by atoms with Gasteiger partial charge in [0.2, 0.25) is 0 Å². The Morgan fingerprint density at radius 3 is 2.38 bits per heavy atom. The summed E-state index contributed by atoms with van der Waals surface area (Å²) in [6, 6.07) is 16.2. The average Bonchev–Trinajstić information content (AvgIpc) is 2.58. The number of aryl methyl sites for hydroxylation is 1. The zero-order valence-electron chi connectivity index (χ0n) is 13.5. The highest BCUT2D eigenvalue weighted by Crippen LogP contribution is 2.13. The van der Waals surface area contributed by atoms with Gasteiger partial charge in [-0.15, -0.1) is 0 Å². The van der Waals surface area contributed by atoms with Crippen LogP contribution >= 0.6 is 0 Å². The molecule has 0 unspecified atom stereocenters. The van der Waals surface area contributed by atoms with Crippen molar-refractivity contribution in [3.8, 4) is 0 Å². The highest BCUT2D eigenvalue weighted by atomic mass is 32.2. The van der Waals surface area contributed by atoms with Crippen molar-refractivity contribution in [1.29, 1.82) is 0 Å². The summed E-state index contributed by atoms with van der Waals surface area (Å²) in [5, 5.41) is 0. The van der Waals surface area contributed by atoms with E-state index in [0.717, 1.165) is 11.1 Å². The summed E-state index contributed by atoms with van der Waals surface area (Å²) >= 11 is 0.